The van der Waals surface area contributed by atoms with Gasteiger partial charge < -0.3 is 5.32 Å². The van der Waals surface area contributed by atoms with Crippen LogP contribution in [0.1, 0.15) is 12.5 Å². The van der Waals surface area contributed by atoms with E-state index in [0.29, 0.717) is 5.11 Å². The van der Waals surface area contributed by atoms with Crippen LogP contribution in [-0.2, 0) is 0 Å². The fourth-order valence-electron chi connectivity index (χ4n) is 1.01. The summed E-state index contributed by atoms with van der Waals surface area (Å²) in [5, 5.41) is 7.38. The molecular weight excluding hydrogens is 218 g/mol. The molecule has 84 valence electrons. The molecule has 1 aromatic rings. The summed E-state index contributed by atoms with van der Waals surface area (Å²) in [6.07, 6.45) is 3.93. The van der Waals surface area contributed by atoms with Crippen LogP contribution in [0, 0.1) is 0 Å². The van der Waals surface area contributed by atoms with E-state index < -0.39 is 0 Å². The van der Waals surface area contributed by atoms with Crippen molar-refractivity contribution >= 4 is 29.1 Å². The Balaban J connectivity index is 2.54. The van der Waals surface area contributed by atoms with Crippen LogP contribution in [0.5, 0.6) is 0 Å². The Bertz CT molecular complexity index is 396. The third-order valence-corrected chi connectivity index (χ3v) is 2.17. The van der Waals surface area contributed by atoms with Gasteiger partial charge in [-0.3, -0.25) is 5.43 Å². The van der Waals surface area contributed by atoms with Crippen LogP contribution in [0.4, 0.5) is 0 Å². The van der Waals surface area contributed by atoms with Gasteiger partial charge in [-0.15, -0.1) is 0 Å². The van der Waals surface area contributed by atoms with Crippen LogP contribution in [0.15, 0.2) is 41.5 Å². The van der Waals surface area contributed by atoms with E-state index in [-0.39, 0.29) is 0 Å². The molecule has 0 saturated carbocycles. The Labute approximate surface area is 101 Å². The van der Waals surface area contributed by atoms with E-state index >= 15 is 0 Å². The molecule has 0 aliphatic heterocycles. The van der Waals surface area contributed by atoms with Crippen molar-refractivity contribution in [2.75, 3.05) is 7.05 Å². The normalized spacial score (nSPS) is 11.5. The summed E-state index contributed by atoms with van der Waals surface area (Å²) in [6, 6.07) is 10.1. The number of hydrazone groups is 1. The van der Waals surface area contributed by atoms with E-state index in [0.717, 1.165) is 11.3 Å². The average Bonchev–Trinajstić information content (AvgIpc) is 2.34. The van der Waals surface area contributed by atoms with Gasteiger partial charge in [0.1, 0.15) is 0 Å². The molecule has 0 unspecified atom stereocenters. The number of nitrogens with one attached hydrogen (secondary N) is 2. The number of thiocarbonyl (C=S) groups is 1. The first-order valence-electron chi connectivity index (χ1n) is 4.97. The maximum Gasteiger partial charge on any atom is 0.186 e. The largest absolute Gasteiger partial charge is 0.364 e. The Morgan fingerprint density at radius 2 is 2.00 bits per heavy atom. The van der Waals surface area contributed by atoms with Gasteiger partial charge in [0.05, 0.1) is 5.71 Å². The SMILES string of the molecule is CNC(=S)NN=C(C)C=Cc1ccccc1. The molecule has 0 aliphatic carbocycles. The monoisotopic (exact) mass is 233 g/mol. The fourth-order valence-corrected chi connectivity index (χ4v) is 1.06. The lowest BCUT2D eigenvalue weighted by Crippen LogP contribution is -2.28. The summed E-state index contributed by atoms with van der Waals surface area (Å²) in [4.78, 5) is 0. The molecule has 3 nitrogen and oxygen atoms in total. The number of allylic oxidation sites excluding steroid dienone is 1. The molecule has 0 heterocycles. The first-order valence-corrected chi connectivity index (χ1v) is 5.38. The lowest BCUT2D eigenvalue weighted by atomic mass is 10.2. The third kappa shape index (κ3) is 4.70. The van der Waals surface area contributed by atoms with Gasteiger partial charge in [0.25, 0.3) is 0 Å². The van der Waals surface area contributed by atoms with Crippen LogP contribution < -0.4 is 10.7 Å². The van der Waals surface area contributed by atoms with Crippen molar-refractivity contribution in [3.63, 3.8) is 0 Å². The highest BCUT2D eigenvalue weighted by Crippen LogP contribution is 2.00. The number of hydrogen-bond acceptors (Lipinski definition) is 2. The number of nitrogens with zero attached hydrogens (tertiary/aromatic N) is 1. The molecule has 0 saturated heterocycles. The van der Waals surface area contributed by atoms with Gasteiger partial charge >= 0.3 is 0 Å². The molecule has 0 bridgehead atoms. The summed E-state index contributed by atoms with van der Waals surface area (Å²) in [5.41, 5.74) is 4.73. The molecule has 0 aromatic heterocycles. The van der Waals surface area contributed by atoms with Crippen LogP contribution >= 0.6 is 12.2 Å². The average molecular weight is 233 g/mol. The molecule has 0 aliphatic rings. The fraction of sp³-hybridized carbons (Fsp3) is 0.167. The minimum atomic E-state index is 0.507. The molecule has 0 atom stereocenters. The van der Waals surface area contributed by atoms with Crippen molar-refractivity contribution < 1.29 is 0 Å². The Hall–Kier alpha value is -1.68. The molecule has 2 N–H and O–H groups in total. The predicted octanol–water partition coefficient (Wildman–Crippen LogP) is 2.17. The van der Waals surface area contributed by atoms with Crippen molar-refractivity contribution in [2.45, 2.75) is 6.92 Å². The van der Waals surface area contributed by atoms with Crippen molar-refractivity contribution in [3.8, 4) is 0 Å². The molecule has 0 amide bonds. The number of benzene rings is 1. The van der Waals surface area contributed by atoms with Gasteiger partial charge in [0.2, 0.25) is 0 Å². The van der Waals surface area contributed by atoms with Crippen molar-refractivity contribution in [1.82, 2.24) is 10.7 Å². The van der Waals surface area contributed by atoms with Crippen molar-refractivity contribution in [2.24, 2.45) is 5.10 Å². The maximum atomic E-state index is 4.90. The molecule has 16 heavy (non-hydrogen) atoms. The van der Waals surface area contributed by atoms with Gasteiger partial charge in [0, 0.05) is 7.05 Å². The Morgan fingerprint density at radius 1 is 1.31 bits per heavy atom. The first-order chi connectivity index (χ1) is 7.72. The van der Waals surface area contributed by atoms with E-state index in [9.17, 15) is 0 Å². The summed E-state index contributed by atoms with van der Waals surface area (Å²) in [6.45, 7) is 1.91. The van der Waals surface area contributed by atoms with Gasteiger partial charge in [-0.25, -0.2) is 0 Å². The Morgan fingerprint density at radius 3 is 2.62 bits per heavy atom. The summed E-state index contributed by atoms with van der Waals surface area (Å²) in [5.74, 6) is 0. The summed E-state index contributed by atoms with van der Waals surface area (Å²) >= 11 is 4.90. The molecule has 0 radical (unpaired) electrons. The topological polar surface area (TPSA) is 36.4 Å². The zero-order valence-corrected chi connectivity index (χ0v) is 10.2. The molecule has 1 rings (SSSR count). The number of rotatable bonds is 3. The van der Waals surface area contributed by atoms with E-state index in [1.807, 2.05) is 49.4 Å². The quantitative estimate of drug-likeness (QED) is 0.477. The molecule has 0 fully saturated rings. The van der Waals surface area contributed by atoms with Crippen molar-refractivity contribution in [1.29, 1.82) is 0 Å². The van der Waals surface area contributed by atoms with Crippen molar-refractivity contribution in [3.05, 3.63) is 42.0 Å². The van der Waals surface area contributed by atoms with Gasteiger partial charge in [-0.2, -0.15) is 5.10 Å². The van der Waals surface area contributed by atoms with Gasteiger partial charge in [-0.05, 0) is 30.8 Å². The highest BCUT2D eigenvalue weighted by Gasteiger charge is 1.88. The van der Waals surface area contributed by atoms with E-state index in [1.165, 1.54) is 0 Å². The molecule has 4 heteroatoms. The molecule has 0 spiro atoms. The minimum Gasteiger partial charge on any atom is -0.364 e. The second kappa shape index (κ2) is 6.74. The van der Waals surface area contributed by atoms with E-state index in [2.05, 4.69) is 15.8 Å². The van der Waals surface area contributed by atoms with Gasteiger partial charge in [0.15, 0.2) is 5.11 Å². The highest BCUT2D eigenvalue weighted by atomic mass is 32.1. The second-order valence-electron chi connectivity index (χ2n) is 3.19. The third-order valence-electron chi connectivity index (χ3n) is 1.88. The summed E-state index contributed by atoms with van der Waals surface area (Å²) in [7, 11) is 1.75. The van der Waals surface area contributed by atoms with E-state index in [4.69, 9.17) is 12.2 Å². The minimum absolute atomic E-state index is 0.507. The summed E-state index contributed by atoms with van der Waals surface area (Å²) < 4.78 is 0. The zero-order valence-electron chi connectivity index (χ0n) is 9.40. The highest BCUT2D eigenvalue weighted by molar-refractivity contribution is 7.80. The maximum absolute atomic E-state index is 4.90. The van der Waals surface area contributed by atoms with Crippen LogP contribution in [0.25, 0.3) is 6.08 Å². The smallest absolute Gasteiger partial charge is 0.186 e. The lowest BCUT2D eigenvalue weighted by molar-refractivity contribution is 0.975. The second-order valence-corrected chi connectivity index (χ2v) is 3.60. The Kier molecular flexibility index (Phi) is 5.22. The van der Waals surface area contributed by atoms with Crippen LogP contribution in [-0.4, -0.2) is 17.9 Å². The standard InChI is InChI=1S/C12H15N3S/c1-10(14-15-12(16)13-2)8-9-11-6-4-3-5-7-11/h3-9H,1-2H3,(H2,13,15,16). The molecular formula is C12H15N3S. The zero-order chi connectivity index (χ0) is 11.8. The number of hydrogen-bond donors (Lipinski definition) is 2. The molecule has 1 aromatic carbocycles. The first kappa shape index (κ1) is 12.4. The van der Waals surface area contributed by atoms with Crippen LogP contribution in [0.2, 0.25) is 0 Å². The van der Waals surface area contributed by atoms with Crippen LogP contribution in [0.3, 0.4) is 0 Å². The van der Waals surface area contributed by atoms with Gasteiger partial charge in [-0.1, -0.05) is 36.4 Å². The lowest BCUT2D eigenvalue weighted by Gasteiger charge is -2.00. The predicted molar refractivity (Wildman–Crippen MR) is 73.4 cm³/mol. The van der Waals surface area contributed by atoms with E-state index in [1.54, 1.807) is 7.05 Å².